The zero-order valence-corrected chi connectivity index (χ0v) is 11.0. The smallest absolute Gasteiger partial charge is 0.326 e. The highest BCUT2D eigenvalue weighted by molar-refractivity contribution is 5.82. The summed E-state index contributed by atoms with van der Waals surface area (Å²) >= 11 is 0. The second-order valence-corrected chi connectivity index (χ2v) is 4.16. The monoisotopic (exact) mass is 254 g/mol. The number of amides is 2. The summed E-state index contributed by atoms with van der Waals surface area (Å²) in [6.45, 7) is 3.69. The summed E-state index contributed by atoms with van der Waals surface area (Å²) in [6, 6.07) is -1.28. The second-order valence-electron chi connectivity index (χ2n) is 4.16. The van der Waals surface area contributed by atoms with Gasteiger partial charge < -0.3 is 15.3 Å². The number of hydrogen-bond acceptors (Lipinski definition) is 3. The van der Waals surface area contributed by atoms with Gasteiger partial charge in [-0.15, -0.1) is 0 Å². The predicted octanol–water partition coefficient (Wildman–Crippen LogP) is 0.343. The third kappa shape index (κ3) is 2.99. The molecule has 2 amide bonds. The van der Waals surface area contributed by atoms with Gasteiger partial charge in [0.1, 0.15) is 6.04 Å². The molecule has 0 aliphatic heterocycles. The fourth-order valence-electron chi connectivity index (χ4n) is 1.35. The fourth-order valence-corrected chi connectivity index (χ4v) is 1.35. The number of aryl methyl sites for hydroxylation is 1. The van der Waals surface area contributed by atoms with Crippen LogP contribution in [0.25, 0.3) is 0 Å². The highest BCUT2D eigenvalue weighted by Gasteiger charge is 2.21. The molecule has 7 nitrogen and oxygen atoms in total. The van der Waals surface area contributed by atoms with Crippen LogP contribution in [0.5, 0.6) is 0 Å². The quantitative estimate of drug-likeness (QED) is 0.811. The summed E-state index contributed by atoms with van der Waals surface area (Å²) in [5.74, 6) is -1.04. The Hall–Kier alpha value is -2.05. The molecular formula is C11H18N4O3. The normalized spacial score (nSPS) is 12.0. The number of carbonyl (C=O) groups excluding carboxylic acids is 1. The van der Waals surface area contributed by atoms with Crippen molar-refractivity contribution >= 4 is 12.0 Å². The number of carbonyl (C=O) groups is 2. The van der Waals surface area contributed by atoms with E-state index in [4.69, 9.17) is 5.11 Å². The summed E-state index contributed by atoms with van der Waals surface area (Å²) in [7, 11) is 3.27. The third-order valence-electron chi connectivity index (χ3n) is 3.03. The van der Waals surface area contributed by atoms with Crippen LogP contribution in [0.3, 0.4) is 0 Å². The van der Waals surface area contributed by atoms with Crippen LogP contribution < -0.4 is 5.32 Å². The highest BCUT2D eigenvalue weighted by Crippen LogP contribution is 2.05. The maximum Gasteiger partial charge on any atom is 0.326 e. The summed E-state index contributed by atoms with van der Waals surface area (Å²) < 4.78 is 1.71. The molecule has 18 heavy (non-hydrogen) atoms. The number of aromatic nitrogens is 2. The minimum absolute atomic E-state index is 0.329. The lowest BCUT2D eigenvalue weighted by Crippen LogP contribution is -2.45. The Labute approximate surface area is 105 Å². The van der Waals surface area contributed by atoms with Crippen LogP contribution in [0.15, 0.2) is 6.20 Å². The van der Waals surface area contributed by atoms with E-state index >= 15 is 0 Å². The summed E-state index contributed by atoms with van der Waals surface area (Å²) in [6.07, 6.45) is 1.68. The molecule has 7 heteroatoms. The molecule has 0 aliphatic rings. The van der Waals surface area contributed by atoms with Crippen LogP contribution in [0.4, 0.5) is 4.79 Å². The van der Waals surface area contributed by atoms with Gasteiger partial charge in [-0.25, -0.2) is 9.59 Å². The zero-order chi connectivity index (χ0) is 13.9. The van der Waals surface area contributed by atoms with Crippen LogP contribution in [0, 0.1) is 6.92 Å². The Morgan fingerprint density at radius 2 is 2.22 bits per heavy atom. The molecule has 100 valence electrons. The maximum absolute atomic E-state index is 11.7. The van der Waals surface area contributed by atoms with E-state index in [2.05, 4.69) is 10.4 Å². The average Bonchev–Trinajstić information content (AvgIpc) is 2.65. The van der Waals surface area contributed by atoms with Crippen molar-refractivity contribution in [1.29, 1.82) is 0 Å². The lowest BCUT2D eigenvalue weighted by Gasteiger charge is -2.21. The topological polar surface area (TPSA) is 87.5 Å². The zero-order valence-electron chi connectivity index (χ0n) is 11.0. The fraction of sp³-hybridized carbons (Fsp3) is 0.545. The van der Waals surface area contributed by atoms with Gasteiger partial charge in [0.25, 0.3) is 0 Å². The van der Waals surface area contributed by atoms with E-state index in [0.717, 1.165) is 16.2 Å². The first-order valence-electron chi connectivity index (χ1n) is 5.55. The molecule has 1 aromatic rings. The van der Waals surface area contributed by atoms with Crippen molar-refractivity contribution in [3.63, 3.8) is 0 Å². The molecule has 1 heterocycles. The maximum atomic E-state index is 11.7. The van der Waals surface area contributed by atoms with Gasteiger partial charge in [0.2, 0.25) is 0 Å². The van der Waals surface area contributed by atoms with Crippen molar-refractivity contribution in [2.45, 2.75) is 26.4 Å². The molecule has 0 aliphatic carbocycles. The number of hydrogen-bond donors (Lipinski definition) is 2. The lowest BCUT2D eigenvalue weighted by atomic mass is 10.2. The molecule has 0 aromatic carbocycles. The van der Waals surface area contributed by atoms with Gasteiger partial charge >= 0.3 is 12.0 Å². The molecule has 2 N–H and O–H groups in total. The number of aliphatic carboxylic acids is 1. The molecule has 1 unspecified atom stereocenters. The van der Waals surface area contributed by atoms with Crippen molar-refractivity contribution < 1.29 is 14.7 Å². The molecule has 1 atom stereocenters. The Morgan fingerprint density at radius 3 is 2.67 bits per heavy atom. The number of nitrogens with zero attached hydrogens (tertiary/aromatic N) is 3. The van der Waals surface area contributed by atoms with E-state index in [-0.39, 0.29) is 0 Å². The molecule has 0 radical (unpaired) electrons. The molecule has 0 saturated heterocycles. The second kappa shape index (κ2) is 5.52. The first-order chi connectivity index (χ1) is 8.34. The summed E-state index contributed by atoms with van der Waals surface area (Å²) in [5, 5.41) is 15.5. The van der Waals surface area contributed by atoms with Crippen LogP contribution in [0.1, 0.15) is 18.2 Å². The largest absolute Gasteiger partial charge is 0.480 e. The standard InChI is InChI=1S/C11H18N4O3/c1-7-9(6-13-15(7)4)5-12-11(18)14(3)8(2)10(16)17/h6,8H,5H2,1-4H3,(H,12,18)(H,16,17). The Bertz CT molecular complexity index is 455. The molecule has 1 rings (SSSR count). The summed E-state index contributed by atoms with van der Waals surface area (Å²) in [4.78, 5) is 23.6. The Kier molecular flexibility index (Phi) is 4.30. The number of nitrogens with one attached hydrogen (secondary N) is 1. The van der Waals surface area contributed by atoms with Crippen molar-refractivity contribution in [2.24, 2.45) is 7.05 Å². The van der Waals surface area contributed by atoms with E-state index in [1.54, 1.807) is 10.9 Å². The van der Waals surface area contributed by atoms with E-state index in [0.29, 0.717) is 6.54 Å². The summed E-state index contributed by atoms with van der Waals surface area (Å²) in [5.41, 5.74) is 1.87. The molecule has 0 saturated carbocycles. The van der Waals surface area contributed by atoms with Gasteiger partial charge in [-0.2, -0.15) is 5.10 Å². The highest BCUT2D eigenvalue weighted by atomic mass is 16.4. The van der Waals surface area contributed by atoms with E-state index in [9.17, 15) is 9.59 Å². The first kappa shape index (κ1) is 14.0. The number of likely N-dealkylation sites (N-methyl/N-ethyl adjacent to an activating group) is 1. The number of carboxylic acid groups (broad SMARTS) is 1. The van der Waals surface area contributed by atoms with E-state index < -0.39 is 18.0 Å². The van der Waals surface area contributed by atoms with Crippen molar-refractivity contribution in [3.8, 4) is 0 Å². The number of rotatable bonds is 4. The van der Waals surface area contributed by atoms with Gasteiger partial charge in [0.05, 0.1) is 6.20 Å². The molecular weight excluding hydrogens is 236 g/mol. The van der Waals surface area contributed by atoms with Gasteiger partial charge in [0.15, 0.2) is 0 Å². The third-order valence-corrected chi connectivity index (χ3v) is 3.03. The molecule has 0 fully saturated rings. The average molecular weight is 254 g/mol. The SMILES string of the molecule is Cc1c(CNC(=O)N(C)C(C)C(=O)O)cnn1C. The van der Waals surface area contributed by atoms with Gasteiger partial charge in [-0.1, -0.05) is 0 Å². The van der Waals surface area contributed by atoms with Crippen molar-refractivity contribution in [3.05, 3.63) is 17.5 Å². The Balaban J connectivity index is 2.56. The predicted molar refractivity (Wildman–Crippen MR) is 65.0 cm³/mol. The first-order valence-corrected chi connectivity index (χ1v) is 5.55. The van der Waals surface area contributed by atoms with Crippen LogP contribution in [-0.4, -0.2) is 44.9 Å². The number of urea groups is 1. The minimum Gasteiger partial charge on any atom is -0.480 e. The van der Waals surface area contributed by atoms with E-state index in [1.165, 1.54) is 14.0 Å². The lowest BCUT2D eigenvalue weighted by molar-refractivity contribution is -0.141. The Morgan fingerprint density at radius 1 is 1.61 bits per heavy atom. The van der Waals surface area contributed by atoms with Crippen LogP contribution in [0.2, 0.25) is 0 Å². The van der Waals surface area contributed by atoms with Crippen molar-refractivity contribution in [1.82, 2.24) is 20.0 Å². The van der Waals surface area contributed by atoms with Crippen LogP contribution >= 0.6 is 0 Å². The molecule has 1 aromatic heterocycles. The molecule has 0 spiro atoms. The van der Waals surface area contributed by atoms with Gasteiger partial charge in [0, 0.05) is 31.9 Å². The van der Waals surface area contributed by atoms with Gasteiger partial charge in [-0.3, -0.25) is 4.68 Å². The van der Waals surface area contributed by atoms with E-state index in [1.807, 2.05) is 14.0 Å². The van der Waals surface area contributed by atoms with Crippen molar-refractivity contribution in [2.75, 3.05) is 7.05 Å². The van der Waals surface area contributed by atoms with Gasteiger partial charge in [-0.05, 0) is 13.8 Å². The molecule has 0 bridgehead atoms. The minimum atomic E-state index is -1.04. The van der Waals surface area contributed by atoms with Crippen LogP contribution in [-0.2, 0) is 18.4 Å². The number of carboxylic acids is 1.